The molecule has 0 bridgehead atoms. The van der Waals surface area contributed by atoms with Crippen LogP contribution in [0, 0.1) is 0 Å². The van der Waals surface area contributed by atoms with Crippen molar-refractivity contribution in [3.63, 3.8) is 0 Å². The van der Waals surface area contributed by atoms with Crippen LogP contribution in [0.4, 0.5) is 0 Å². The Morgan fingerprint density at radius 3 is 1.10 bits per heavy atom. The highest BCUT2D eigenvalue weighted by Crippen LogP contribution is 1.55. The third-order valence-corrected chi connectivity index (χ3v) is 0.542. The van der Waals surface area contributed by atoms with Gasteiger partial charge in [-0.1, -0.05) is 12.2 Å². The van der Waals surface area contributed by atoms with E-state index in [0.717, 1.165) is 12.6 Å². The summed E-state index contributed by atoms with van der Waals surface area (Å²) < 4.78 is 0. The van der Waals surface area contributed by atoms with Crippen molar-refractivity contribution < 1.29 is 9.59 Å². The van der Waals surface area contributed by atoms with Crippen LogP contribution < -0.4 is 0 Å². The minimum Gasteiger partial charge on any atom is -0.299 e. The lowest BCUT2D eigenvalue weighted by atomic mass is 10.6. The topological polar surface area (TPSA) is 34.1 Å². The van der Waals surface area contributed by atoms with E-state index >= 15 is 0 Å². The molecule has 2 heteroatoms. The molecule has 0 rings (SSSR count). The Balaban J connectivity index is 0. The van der Waals surface area contributed by atoms with Gasteiger partial charge in [-0.25, -0.2) is 0 Å². The molecule has 0 spiro atoms. The Morgan fingerprint density at radius 2 is 1.10 bits per heavy atom. The maximum Gasteiger partial charge on any atom is 0.142 e. The lowest BCUT2D eigenvalue weighted by Gasteiger charge is -1.51. The number of aldehydes is 2. The van der Waals surface area contributed by atoms with Crippen LogP contribution in [0.25, 0.3) is 0 Å². The van der Waals surface area contributed by atoms with Crippen LogP contribution in [0.15, 0.2) is 24.3 Å². The summed E-state index contributed by atoms with van der Waals surface area (Å²) in [4.78, 5) is 18.6. The first kappa shape index (κ1) is 11.6. The van der Waals surface area contributed by atoms with Crippen LogP contribution in [0.5, 0.6) is 0 Å². The van der Waals surface area contributed by atoms with Gasteiger partial charge in [-0.15, -0.1) is 0 Å². The summed E-state index contributed by atoms with van der Waals surface area (Å²) in [5.41, 5.74) is 0. The molecule has 0 atom stereocenters. The number of rotatable bonds is 2. The Kier molecular flexibility index (Phi) is 18.2. The van der Waals surface area contributed by atoms with Crippen LogP contribution in [0.3, 0.4) is 0 Å². The molecule has 2 nitrogen and oxygen atoms in total. The summed E-state index contributed by atoms with van der Waals surface area (Å²) in [6.45, 7) is 3.60. The SMILES string of the molecule is CC=CC=O.CC=CC=O. The summed E-state index contributed by atoms with van der Waals surface area (Å²) in [6.07, 6.45) is 7.76. The molecule has 0 aromatic rings. The van der Waals surface area contributed by atoms with Crippen LogP contribution in [0.2, 0.25) is 0 Å². The predicted octanol–water partition coefficient (Wildman–Crippen LogP) is 1.52. The number of allylic oxidation sites excluding steroid dienone is 4. The average molecular weight is 140 g/mol. The molecule has 0 aliphatic heterocycles. The molecule has 0 radical (unpaired) electrons. The van der Waals surface area contributed by atoms with E-state index in [2.05, 4.69) is 0 Å². The van der Waals surface area contributed by atoms with Crippen molar-refractivity contribution in [2.45, 2.75) is 13.8 Å². The zero-order valence-electron chi connectivity index (χ0n) is 6.28. The number of carbonyl (C=O) groups excluding carboxylic acids is 2. The first-order chi connectivity index (χ1) is 4.83. The average Bonchev–Trinajstić information content (AvgIpc) is 1.93. The van der Waals surface area contributed by atoms with Gasteiger partial charge >= 0.3 is 0 Å². The summed E-state index contributed by atoms with van der Waals surface area (Å²) in [6, 6.07) is 0. The van der Waals surface area contributed by atoms with E-state index < -0.39 is 0 Å². The largest absolute Gasteiger partial charge is 0.299 e. The van der Waals surface area contributed by atoms with Crippen LogP contribution in [0.1, 0.15) is 13.8 Å². The Bertz CT molecular complexity index is 107. The standard InChI is InChI=1S/2C4H6O/c2*1-2-3-4-5/h2*2-4H,1H3. The van der Waals surface area contributed by atoms with Crippen molar-refractivity contribution in [1.29, 1.82) is 0 Å². The second-order valence-electron chi connectivity index (χ2n) is 1.32. The van der Waals surface area contributed by atoms with Gasteiger partial charge in [0.1, 0.15) is 12.6 Å². The second-order valence-corrected chi connectivity index (χ2v) is 1.32. The van der Waals surface area contributed by atoms with E-state index in [1.165, 1.54) is 12.2 Å². The van der Waals surface area contributed by atoms with E-state index in [1.54, 1.807) is 26.0 Å². The summed E-state index contributed by atoms with van der Waals surface area (Å²) >= 11 is 0. The zero-order valence-corrected chi connectivity index (χ0v) is 6.28. The van der Waals surface area contributed by atoms with Crippen molar-refractivity contribution in [3.05, 3.63) is 24.3 Å². The van der Waals surface area contributed by atoms with Crippen molar-refractivity contribution in [1.82, 2.24) is 0 Å². The van der Waals surface area contributed by atoms with Crippen molar-refractivity contribution >= 4 is 12.6 Å². The lowest BCUT2D eigenvalue weighted by Crippen LogP contribution is -1.50. The van der Waals surface area contributed by atoms with Gasteiger partial charge in [0, 0.05) is 0 Å². The Labute approximate surface area is 61.2 Å². The fourth-order valence-electron chi connectivity index (χ4n) is 0.157. The highest BCUT2D eigenvalue weighted by molar-refractivity contribution is 5.64. The van der Waals surface area contributed by atoms with Crippen LogP contribution in [-0.2, 0) is 9.59 Å². The van der Waals surface area contributed by atoms with Crippen LogP contribution >= 0.6 is 0 Å². The van der Waals surface area contributed by atoms with E-state index in [1.807, 2.05) is 0 Å². The first-order valence-electron chi connectivity index (χ1n) is 2.96. The number of hydrogen-bond donors (Lipinski definition) is 0. The normalized spacial score (nSPS) is 9.00. The predicted molar refractivity (Wildman–Crippen MR) is 41.8 cm³/mol. The summed E-state index contributed by atoms with van der Waals surface area (Å²) in [5.74, 6) is 0. The minimum atomic E-state index is 0.750. The lowest BCUT2D eigenvalue weighted by molar-refractivity contribution is -0.104. The Hall–Kier alpha value is -1.18. The summed E-state index contributed by atoms with van der Waals surface area (Å²) in [7, 11) is 0. The van der Waals surface area contributed by atoms with Gasteiger partial charge in [0.15, 0.2) is 0 Å². The van der Waals surface area contributed by atoms with E-state index in [9.17, 15) is 9.59 Å². The van der Waals surface area contributed by atoms with E-state index in [-0.39, 0.29) is 0 Å². The smallest absolute Gasteiger partial charge is 0.142 e. The number of carbonyl (C=O) groups is 2. The molecule has 0 saturated carbocycles. The molecule has 10 heavy (non-hydrogen) atoms. The molecule has 0 amide bonds. The van der Waals surface area contributed by atoms with E-state index in [4.69, 9.17) is 0 Å². The molecule has 0 fully saturated rings. The highest BCUT2D eigenvalue weighted by atomic mass is 16.1. The van der Waals surface area contributed by atoms with Gasteiger partial charge in [0.2, 0.25) is 0 Å². The molecule has 0 heterocycles. The van der Waals surface area contributed by atoms with Gasteiger partial charge in [0.25, 0.3) is 0 Å². The fourth-order valence-corrected chi connectivity index (χ4v) is 0.157. The first-order valence-corrected chi connectivity index (χ1v) is 2.96. The van der Waals surface area contributed by atoms with Crippen molar-refractivity contribution in [2.24, 2.45) is 0 Å². The third kappa shape index (κ3) is 29.0. The molecule has 0 unspecified atom stereocenters. The monoisotopic (exact) mass is 140 g/mol. The van der Waals surface area contributed by atoms with Gasteiger partial charge in [-0.05, 0) is 26.0 Å². The second kappa shape index (κ2) is 15.7. The van der Waals surface area contributed by atoms with Gasteiger partial charge in [-0.2, -0.15) is 0 Å². The molecule has 0 aromatic heterocycles. The zero-order chi connectivity index (χ0) is 8.24. The fraction of sp³-hybridized carbons (Fsp3) is 0.250. The van der Waals surface area contributed by atoms with Crippen molar-refractivity contribution in [2.75, 3.05) is 0 Å². The molecule has 0 aromatic carbocycles. The maximum atomic E-state index is 9.32. The minimum absolute atomic E-state index is 0.750. The van der Waals surface area contributed by atoms with Crippen LogP contribution in [-0.4, -0.2) is 12.6 Å². The van der Waals surface area contributed by atoms with Gasteiger partial charge in [-0.3, -0.25) is 9.59 Å². The third-order valence-electron chi connectivity index (χ3n) is 0.542. The van der Waals surface area contributed by atoms with Gasteiger partial charge < -0.3 is 0 Å². The number of hydrogen-bond acceptors (Lipinski definition) is 2. The molecule has 0 aliphatic carbocycles. The molecule has 0 saturated heterocycles. The maximum absolute atomic E-state index is 9.32. The van der Waals surface area contributed by atoms with Crippen molar-refractivity contribution in [3.8, 4) is 0 Å². The molecule has 0 aliphatic rings. The Morgan fingerprint density at radius 1 is 0.800 bits per heavy atom. The molecule has 0 N–H and O–H groups in total. The van der Waals surface area contributed by atoms with Gasteiger partial charge in [0.05, 0.1) is 0 Å². The van der Waals surface area contributed by atoms with E-state index in [0.29, 0.717) is 0 Å². The molecule has 56 valence electrons. The quantitative estimate of drug-likeness (QED) is 0.430. The highest BCUT2D eigenvalue weighted by Gasteiger charge is 1.48. The summed E-state index contributed by atoms with van der Waals surface area (Å²) in [5, 5.41) is 0. The molecular formula is C8H12O2. The molecular weight excluding hydrogens is 128 g/mol.